The lowest BCUT2D eigenvalue weighted by Gasteiger charge is -2.46. The van der Waals surface area contributed by atoms with Gasteiger partial charge in [0, 0.05) is 45.0 Å². The van der Waals surface area contributed by atoms with Gasteiger partial charge in [0.2, 0.25) is 10.0 Å². The number of rotatable bonds is 3. The largest absolute Gasteiger partial charge is 0.381 e. The molecule has 4 rings (SSSR count). The molecule has 0 bridgehead atoms. The van der Waals surface area contributed by atoms with Gasteiger partial charge in [0.15, 0.2) is 0 Å². The van der Waals surface area contributed by atoms with Gasteiger partial charge < -0.3 is 15.0 Å². The van der Waals surface area contributed by atoms with E-state index in [4.69, 9.17) is 4.74 Å². The Kier molecular flexibility index (Phi) is 5.05. The molecule has 0 aliphatic carbocycles. The number of hydrogen-bond donors (Lipinski definition) is 1. The monoisotopic (exact) mass is 415 g/mol. The number of sulfonamides is 1. The summed E-state index contributed by atoms with van der Waals surface area (Å²) in [7, 11) is -3.99. The minimum absolute atomic E-state index is 0.0729. The molecule has 0 atom stereocenters. The molecule has 1 aromatic carbocycles. The van der Waals surface area contributed by atoms with Crippen LogP contribution in [-0.2, 0) is 14.8 Å². The third-order valence-corrected chi connectivity index (χ3v) is 7.86. The predicted molar refractivity (Wildman–Crippen MR) is 96.2 cm³/mol. The molecule has 3 fully saturated rings. The highest BCUT2D eigenvalue weighted by atomic mass is 32.2. The van der Waals surface area contributed by atoms with Gasteiger partial charge >= 0.3 is 6.03 Å². The molecule has 0 radical (unpaired) electrons. The molecule has 3 aliphatic heterocycles. The minimum Gasteiger partial charge on any atom is -0.381 e. The van der Waals surface area contributed by atoms with Gasteiger partial charge in [-0.25, -0.2) is 22.0 Å². The van der Waals surface area contributed by atoms with E-state index in [1.54, 1.807) is 0 Å². The number of urea groups is 1. The predicted octanol–water partition coefficient (Wildman–Crippen LogP) is 1.69. The van der Waals surface area contributed by atoms with Crippen LogP contribution in [-0.4, -0.2) is 68.1 Å². The van der Waals surface area contributed by atoms with E-state index in [1.807, 2.05) is 4.90 Å². The summed E-state index contributed by atoms with van der Waals surface area (Å²) in [6.45, 7) is 2.17. The maximum Gasteiger partial charge on any atom is 0.318 e. The number of carbonyl (C=O) groups is 1. The number of hydrogen-bond acceptors (Lipinski definition) is 4. The second-order valence-electron chi connectivity index (χ2n) is 7.61. The van der Waals surface area contributed by atoms with Crippen molar-refractivity contribution in [2.75, 3.05) is 32.8 Å². The Hall–Kier alpha value is -1.78. The molecular weight excluding hydrogens is 392 g/mol. The summed E-state index contributed by atoms with van der Waals surface area (Å²) in [5, 5.41) is 2.92. The molecule has 3 saturated heterocycles. The Bertz CT molecular complexity index is 845. The zero-order valence-corrected chi connectivity index (χ0v) is 16.2. The molecule has 0 saturated carbocycles. The van der Waals surface area contributed by atoms with E-state index in [0.717, 1.165) is 25.0 Å². The maximum absolute atomic E-state index is 13.5. The SMILES string of the molecule is O=C1NCC2(CCOCC2)N1C1CCN(S(=O)(=O)c2cc(F)cc(F)c2)CC1. The first-order chi connectivity index (χ1) is 13.3. The van der Waals surface area contributed by atoms with Crippen LogP contribution in [0.3, 0.4) is 0 Å². The maximum atomic E-state index is 13.5. The Morgan fingerprint density at radius 3 is 2.29 bits per heavy atom. The zero-order chi connectivity index (χ0) is 19.9. The van der Waals surface area contributed by atoms with Gasteiger partial charge in [0.1, 0.15) is 11.6 Å². The summed E-state index contributed by atoms with van der Waals surface area (Å²) >= 11 is 0. The number of nitrogens with zero attached hydrogens (tertiary/aromatic N) is 2. The topological polar surface area (TPSA) is 79.0 Å². The van der Waals surface area contributed by atoms with Crippen molar-refractivity contribution >= 4 is 16.1 Å². The molecular formula is C18H23F2N3O4S. The summed E-state index contributed by atoms with van der Waals surface area (Å²) < 4.78 is 59.1. The number of amides is 2. The van der Waals surface area contributed by atoms with E-state index in [-0.39, 0.29) is 35.6 Å². The van der Waals surface area contributed by atoms with E-state index >= 15 is 0 Å². The average molecular weight is 415 g/mol. The van der Waals surface area contributed by atoms with Crippen molar-refractivity contribution in [2.24, 2.45) is 0 Å². The fourth-order valence-corrected chi connectivity index (χ4v) is 6.03. The fraction of sp³-hybridized carbons (Fsp3) is 0.611. The molecule has 28 heavy (non-hydrogen) atoms. The van der Waals surface area contributed by atoms with Gasteiger partial charge in [-0.3, -0.25) is 0 Å². The van der Waals surface area contributed by atoms with Crippen LogP contribution >= 0.6 is 0 Å². The summed E-state index contributed by atoms with van der Waals surface area (Å²) in [6.07, 6.45) is 2.47. The Labute approximate surface area is 162 Å². The molecule has 2 amide bonds. The third-order valence-electron chi connectivity index (χ3n) is 5.98. The average Bonchev–Trinajstić information content (AvgIpc) is 2.97. The van der Waals surface area contributed by atoms with Gasteiger partial charge in [-0.2, -0.15) is 4.31 Å². The van der Waals surface area contributed by atoms with Crippen molar-refractivity contribution in [2.45, 2.75) is 42.2 Å². The molecule has 3 heterocycles. The number of nitrogens with one attached hydrogen (secondary N) is 1. The van der Waals surface area contributed by atoms with E-state index in [2.05, 4.69) is 5.32 Å². The van der Waals surface area contributed by atoms with Crippen LogP contribution in [0.4, 0.5) is 13.6 Å². The van der Waals surface area contributed by atoms with Crippen LogP contribution in [0.2, 0.25) is 0 Å². The lowest BCUT2D eigenvalue weighted by molar-refractivity contribution is -0.0121. The molecule has 154 valence electrons. The normalized spacial score (nSPS) is 23.9. The summed E-state index contributed by atoms with van der Waals surface area (Å²) in [6, 6.07) is 2.11. The van der Waals surface area contributed by atoms with Crippen LogP contribution in [0, 0.1) is 11.6 Å². The standard InChI is InChI=1S/C18H23F2N3O4S/c19-13-9-14(20)11-16(10-13)28(25,26)22-5-1-15(2-6-22)23-17(24)21-12-18(23)3-7-27-8-4-18/h9-11,15H,1-8,12H2,(H,21,24). The van der Waals surface area contributed by atoms with Crippen LogP contribution in [0.25, 0.3) is 0 Å². The molecule has 1 aromatic rings. The highest BCUT2D eigenvalue weighted by molar-refractivity contribution is 7.89. The number of halogens is 2. The van der Waals surface area contributed by atoms with Gasteiger partial charge in [0.05, 0.1) is 10.4 Å². The first-order valence-electron chi connectivity index (χ1n) is 9.43. The molecule has 1 spiro atoms. The van der Waals surface area contributed by atoms with E-state index < -0.39 is 21.7 Å². The number of carbonyl (C=O) groups excluding carboxylic acids is 1. The molecule has 0 unspecified atom stereocenters. The van der Waals surface area contributed by atoms with Crippen molar-refractivity contribution < 1.29 is 26.7 Å². The Morgan fingerprint density at radius 2 is 1.68 bits per heavy atom. The quantitative estimate of drug-likeness (QED) is 0.815. The molecule has 1 N–H and O–H groups in total. The highest BCUT2D eigenvalue weighted by Crippen LogP contribution is 2.36. The van der Waals surface area contributed by atoms with Gasteiger partial charge in [-0.15, -0.1) is 0 Å². The van der Waals surface area contributed by atoms with E-state index in [1.165, 1.54) is 4.31 Å². The van der Waals surface area contributed by atoms with Crippen LogP contribution in [0.5, 0.6) is 0 Å². The number of benzene rings is 1. The molecule has 10 heteroatoms. The van der Waals surface area contributed by atoms with Crippen molar-refractivity contribution in [3.63, 3.8) is 0 Å². The van der Waals surface area contributed by atoms with Crippen molar-refractivity contribution in [1.29, 1.82) is 0 Å². The Morgan fingerprint density at radius 1 is 1.07 bits per heavy atom. The zero-order valence-electron chi connectivity index (χ0n) is 15.4. The lowest BCUT2D eigenvalue weighted by atomic mass is 9.87. The first-order valence-corrected chi connectivity index (χ1v) is 10.9. The van der Waals surface area contributed by atoms with Crippen molar-refractivity contribution in [3.05, 3.63) is 29.8 Å². The summed E-state index contributed by atoms with van der Waals surface area (Å²) in [4.78, 5) is 14.0. The van der Waals surface area contributed by atoms with Gasteiger partial charge in [-0.1, -0.05) is 0 Å². The number of piperidine rings is 1. The second kappa shape index (κ2) is 7.23. The van der Waals surface area contributed by atoms with Crippen molar-refractivity contribution in [1.82, 2.24) is 14.5 Å². The summed E-state index contributed by atoms with van der Waals surface area (Å²) in [5.41, 5.74) is -0.271. The van der Waals surface area contributed by atoms with Crippen molar-refractivity contribution in [3.8, 4) is 0 Å². The van der Waals surface area contributed by atoms with E-state index in [9.17, 15) is 22.0 Å². The molecule has 0 aromatic heterocycles. The van der Waals surface area contributed by atoms with Gasteiger partial charge in [-0.05, 0) is 37.8 Å². The van der Waals surface area contributed by atoms with Crippen LogP contribution < -0.4 is 5.32 Å². The van der Waals surface area contributed by atoms with Crippen LogP contribution in [0.15, 0.2) is 23.1 Å². The molecule has 3 aliphatic rings. The van der Waals surface area contributed by atoms with Crippen LogP contribution in [0.1, 0.15) is 25.7 Å². The molecule has 7 nitrogen and oxygen atoms in total. The minimum atomic E-state index is -3.99. The number of ether oxygens (including phenoxy) is 1. The Balaban J connectivity index is 1.49. The fourth-order valence-electron chi connectivity index (χ4n) is 4.52. The summed E-state index contributed by atoms with van der Waals surface area (Å²) in [5.74, 6) is -1.85. The first kappa shape index (κ1) is 19.5. The highest BCUT2D eigenvalue weighted by Gasteiger charge is 2.50. The second-order valence-corrected chi connectivity index (χ2v) is 9.54. The van der Waals surface area contributed by atoms with E-state index in [0.29, 0.717) is 38.7 Å². The van der Waals surface area contributed by atoms with Gasteiger partial charge in [0.25, 0.3) is 0 Å². The lowest BCUT2D eigenvalue weighted by Crippen LogP contribution is -2.57. The smallest absolute Gasteiger partial charge is 0.318 e. The third kappa shape index (κ3) is 3.37.